The third-order valence-corrected chi connectivity index (χ3v) is 2.64. The van der Waals surface area contributed by atoms with Crippen LogP contribution in [0.4, 0.5) is 13.2 Å². The van der Waals surface area contributed by atoms with Crippen molar-refractivity contribution in [3.05, 3.63) is 46.0 Å². The number of imidazole rings is 1. The summed E-state index contributed by atoms with van der Waals surface area (Å²) in [6.45, 7) is 1.82. The van der Waals surface area contributed by atoms with Gasteiger partial charge >= 0.3 is 11.9 Å². The van der Waals surface area contributed by atoms with Crippen LogP contribution in [-0.2, 0) is 12.6 Å². The predicted molar refractivity (Wildman–Crippen MR) is 61.2 cm³/mol. The number of aromatic amines is 2. The van der Waals surface area contributed by atoms with Crippen molar-refractivity contribution in [1.29, 1.82) is 0 Å². The van der Waals surface area contributed by atoms with Crippen molar-refractivity contribution in [3.63, 3.8) is 0 Å². The van der Waals surface area contributed by atoms with Crippen LogP contribution < -0.4 is 5.69 Å². The van der Waals surface area contributed by atoms with E-state index in [9.17, 15) is 18.0 Å². The lowest BCUT2D eigenvalue weighted by atomic mass is 10.1. The van der Waals surface area contributed by atoms with Gasteiger partial charge in [0.25, 0.3) is 0 Å². The summed E-state index contributed by atoms with van der Waals surface area (Å²) in [5.41, 5.74) is 0.205. The molecule has 2 aromatic rings. The van der Waals surface area contributed by atoms with Gasteiger partial charge in [0.15, 0.2) is 0 Å². The number of nitrogens with one attached hydrogen (secondary N) is 2. The molecule has 0 aliphatic rings. The molecule has 96 valence electrons. The molecule has 1 aromatic carbocycles. The Kier molecular flexibility index (Phi) is 3.02. The molecule has 2 N–H and O–H groups in total. The van der Waals surface area contributed by atoms with E-state index in [1.165, 1.54) is 12.1 Å². The van der Waals surface area contributed by atoms with Gasteiger partial charge in [-0.3, -0.25) is 0 Å². The van der Waals surface area contributed by atoms with Crippen LogP contribution in [0.25, 0.3) is 11.3 Å². The number of rotatable bonds is 2. The van der Waals surface area contributed by atoms with Crippen molar-refractivity contribution in [2.24, 2.45) is 0 Å². The third kappa shape index (κ3) is 2.32. The largest absolute Gasteiger partial charge is 0.416 e. The molecular weight excluding hydrogens is 245 g/mol. The smallest absolute Gasteiger partial charge is 0.309 e. The standard InChI is InChI=1S/C12H11F3N2O/c1-2-9-10(17-11(18)16-9)7-4-3-5-8(6-7)12(13,14)15/h3-6H,2H2,1H3,(H2,16,17,18). The highest BCUT2D eigenvalue weighted by molar-refractivity contribution is 5.62. The van der Waals surface area contributed by atoms with Gasteiger partial charge < -0.3 is 9.97 Å². The number of alkyl halides is 3. The Morgan fingerprint density at radius 2 is 1.94 bits per heavy atom. The summed E-state index contributed by atoms with van der Waals surface area (Å²) in [5, 5.41) is 0. The summed E-state index contributed by atoms with van der Waals surface area (Å²) in [5.74, 6) is 0. The van der Waals surface area contributed by atoms with Crippen LogP contribution in [0.15, 0.2) is 29.1 Å². The van der Waals surface area contributed by atoms with E-state index in [4.69, 9.17) is 0 Å². The van der Waals surface area contributed by atoms with Gasteiger partial charge in [0, 0.05) is 11.3 Å². The van der Waals surface area contributed by atoms with E-state index < -0.39 is 17.4 Å². The topological polar surface area (TPSA) is 48.6 Å². The third-order valence-electron chi connectivity index (χ3n) is 2.64. The van der Waals surface area contributed by atoms with Gasteiger partial charge in [-0.1, -0.05) is 19.1 Å². The molecule has 0 unspecified atom stereocenters. The number of H-pyrrole nitrogens is 2. The van der Waals surface area contributed by atoms with Gasteiger partial charge in [0.1, 0.15) is 0 Å². The summed E-state index contributed by atoms with van der Waals surface area (Å²) in [6.07, 6.45) is -3.86. The maximum Gasteiger partial charge on any atom is 0.416 e. The molecule has 1 aromatic heterocycles. The van der Waals surface area contributed by atoms with Crippen molar-refractivity contribution in [2.75, 3.05) is 0 Å². The zero-order chi connectivity index (χ0) is 13.3. The molecule has 0 saturated heterocycles. The number of benzene rings is 1. The van der Waals surface area contributed by atoms with E-state index in [0.29, 0.717) is 23.4 Å². The molecule has 6 heteroatoms. The minimum absolute atomic E-state index is 0.347. The minimum Gasteiger partial charge on any atom is -0.309 e. The van der Waals surface area contributed by atoms with E-state index in [2.05, 4.69) is 9.97 Å². The van der Waals surface area contributed by atoms with Crippen molar-refractivity contribution in [3.8, 4) is 11.3 Å². The SMILES string of the molecule is CCc1[nH]c(=O)[nH]c1-c1cccc(C(F)(F)F)c1. The Morgan fingerprint density at radius 3 is 2.56 bits per heavy atom. The van der Waals surface area contributed by atoms with Crippen LogP contribution in [0, 0.1) is 0 Å². The predicted octanol–water partition coefficient (Wildman–Crippen LogP) is 2.95. The van der Waals surface area contributed by atoms with Gasteiger partial charge in [-0.15, -0.1) is 0 Å². The van der Waals surface area contributed by atoms with Crippen molar-refractivity contribution < 1.29 is 13.2 Å². The second-order valence-electron chi connectivity index (χ2n) is 3.86. The molecule has 0 amide bonds. The normalized spacial score (nSPS) is 11.8. The van der Waals surface area contributed by atoms with Crippen molar-refractivity contribution in [2.45, 2.75) is 19.5 Å². The molecule has 18 heavy (non-hydrogen) atoms. The molecule has 2 rings (SSSR count). The van der Waals surface area contributed by atoms with E-state index in [0.717, 1.165) is 12.1 Å². The first-order valence-corrected chi connectivity index (χ1v) is 5.40. The van der Waals surface area contributed by atoms with Crippen molar-refractivity contribution >= 4 is 0 Å². The highest BCUT2D eigenvalue weighted by atomic mass is 19.4. The first-order chi connectivity index (χ1) is 8.41. The summed E-state index contributed by atoms with van der Waals surface area (Å²) in [7, 11) is 0. The molecule has 0 radical (unpaired) electrons. The van der Waals surface area contributed by atoms with Crippen LogP contribution in [0.2, 0.25) is 0 Å². The summed E-state index contributed by atoms with van der Waals surface area (Å²) >= 11 is 0. The van der Waals surface area contributed by atoms with Gasteiger partial charge in [-0.25, -0.2) is 4.79 Å². The average Bonchev–Trinajstić information content (AvgIpc) is 2.69. The minimum atomic E-state index is -4.39. The van der Waals surface area contributed by atoms with Crippen molar-refractivity contribution in [1.82, 2.24) is 9.97 Å². The van der Waals surface area contributed by atoms with Gasteiger partial charge in [-0.2, -0.15) is 13.2 Å². The Labute approximate surface area is 101 Å². The molecule has 0 saturated carbocycles. The molecule has 0 spiro atoms. The summed E-state index contributed by atoms with van der Waals surface area (Å²) in [6, 6.07) is 4.88. The second kappa shape index (κ2) is 4.36. The quantitative estimate of drug-likeness (QED) is 0.852. The lowest BCUT2D eigenvalue weighted by Gasteiger charge is -2.08. The number of halogens is 3. The Hall–Kier alpha value is -1.98. The maximum absolute atomic E-state index is 12.6. The first-order valence-electron chi connectivity index (χ1n) is 5.40. The van der Waals surface area contributed by atoms with Gasteiger partial charge in [-0.05, 0) is 18.6 Å². The highest BCUT2D eigenvalue weighted by Gasteiger charge is 2.30. The van der Waals surface area contributed by atoms with E-state index >= 15 is 0 Å². The van der Waals surface area contributed by atoms with Crippen LogP contribution in [0.5, 0.6) is 0 Å². The van der Waals surface area contributed by atoms with Crippen LogP contribution in [-0.4, -0.2) is 9.97 Å². The Balaban J connectivity index is 2.54. The zero-order valence-corrected chi connectivity index (χ0v) is 9.56. The van der Waals surface area contributed by atoms with Crippen LogP contribution in [0.3, 0.4) is 0 Å². The number of hydrogen-bond donors (Lipinski definition) is 2. The van der Waals surface area contributed by atoms with Gasteiger partial charge in [0.05, 0.1) is 11.3 Å². The molecule has 1 heterocycles. The lowest BCUT2D eigenvalue weighted by Crippen LogP contribution is -2.04. The molecule has 0 fully saturated rings. The highest BCUT2D eigenvalue weighted by Crippen LogP contribution is 2.32. The molecule has 0 aliphatic heterocycles. The molecule has 0 bridgehead atoms. The fourth-order valence-electron chi connectivity index (χ4n) is 1.78. The van der Waals surface area contributed by atoms with Crippen LogP contribution in [0.1, 0.15) is 18.2 Å². The molecule has 3 nitrogen and oxygen atoms in total. The average molecular weight is 256 g/mol. The lowest BCUT2D eigenvalue weighted by molar-refractivity contribution is -0.137. The maximum atomic E-state index is 12.6. The molecule has 0 aliphatic carbocycles. The Morgan fingerprint density at radius 1 is 1.22 bits per heavy atom. The number of aromatic nitrogens is 2. The van der Waals surface area contributed by atoms with Gasteiger partial charge in [0.2, 0.25) is 0 Å². The second-order valence-corrected chi connectivity index (χ2v) is 3.86. The fraction of sp³-hybridized carbons (Fsp3) is 0.250. The van der Waals surface area contributed by atoms with E-state index in [1.807, 2.05) is 6.92 Å². The summed E-state index contributed by atoms with van der Waals surface area (Å²) < 4.78 is 37.8. The van der Waals surface area contributed by atoms with Crippen LogP contribution >= 0.6 is 0 Å². The Bertz CT molecular complexity index is 610. The molecule has 0 atom stereocenters. The number of aryl methyl sites for hydroxylation is 1. The zero-order valence-electron chi connectivity index (χ0n) is 9.56. The first kappa shape index (κ1) is 12.5. The van der Waals surface area contributed by atoms with E-state index in [1.54, 1.807) is 0 Å². The molecular formula is C12H11F3N2O. The number of hydrogen-bond acceptors (Lipinski definition) is 1. The fourth-order valence-corrected chi connectivity index (χ4v) is 1.78. The summed E-state index contributed by atoms with van der Waals surface area (Å²) in [4.78, 5) is 16.3. The monoisotopic (exact) mass is 256 g/mol. The van der Waals surface area contributed by atoms with E-state index in [-0.39, 0.29) is 0 Å².